The Kier molecular flexibility index (Phi) is 5.22. The summed E-state index contributed by atoms with van der Waals surface area (Å²) in [6, 6.07) is 4.30. The van der Waals surface area contributed by atoms with Gasteiger partial charge in [-0.25, -0.2) is 4.39 Å². The van der Waals surface area contributed by atoms with E-state index in [9.17, 15) is 4.39 Å². The molecular formula is C14H17Cl2FN4. The molecule has 1 unspecified atom stereocenters. The van der Waals surface area contributed by atoms with Crippen molar-refractivity contribution in [3.05, 3.63) is 51.0 Å². The van der Waals surface area contributed by atoms with Crippen molar-refractivity contribution in [3.8, 4) is 0 Å². The molecule has 0 saturated heterocycles. The van der Waals surface area contributed by atoms with E-state index in [0.717, 1.165) is 11.4 Å². The molecule has 0 saturated carbocycles. The number of aromatic nitrogens is 2. The van der Waals surface area contributed by atoms with Gasteiger partial charge < -0.3 is 0 Å². The van der Waals surface area contributed by atoms with Gasteiger partial charge in [-0.3, -0.25) is 16.0 Å². The van der Waals surface area contributed by atoms with E-state index < -0.39 is 5.82 Å². The third kappa shape index (κ3) is 3.21. The van der Waals surface area contributed by atoms with E-state index in [2.05, 4.69) is 10.5 Å². The second kappa shape index (κ2) is 6.75. The first-order chi connectivity index (χ1) is 9.99. The van der Waals surface area contributed by atoms with Crippen LogP contribution in [0.2, 0.25) is 10.0 Å². The van der Waals surface area contributed by atoms with Gasteiger partial charge in [0.1, 0.15) is 5.82 Å². The molecule has 1 heterocycles. The molecule has 2 rings (SSSR count). The van der Waals surface area contributed by atoms with Crippen LogP contribution in [0.3, 0.4) is 0 Å². The first-order valence-corrected chi connectivity index (χ1v) is 7.37. The van der Waals surface area contributed by atoms with Crippen LogP contribution in [-0.2, 0) is 13.0 Å². The molecule has 0 radical (unpaired) electrons. The summed E-state index contributed by atoms with van der Waals surface area (Å²) in [6.45, 7) is 4.52. The molecule has 1 aromatic carbocycles. The van der Waals surface area contributed by atoms with Crippen molar-refractivity contribution in [2.24, 2.45) is 5.84 Å². The maximum absolute atomic E-state index is 13.6. The van der Waals surface area contributed by atoms with Crippen LogP contribution in [0.25, 0.3) is 0 Å². The number of benzene rings is 1. The summed E-state index contributed by atoms with van der Waals surface area (Å²) in [5, 5.41) is 5.03. The summed E-state index contributed by atoms with van der Waals surface area (Å²) < 4.78 is 15.4. The molecule has 0 aliphatic heterocycles. The van der Waals surface area contributed by atoms with Crippen molar-refractivity contribution in [3.63, 3.8) is 0 Å². The smallest absolute Gasteiger partial charge is 0.142 e. The number of hydrogen-bond donors (Lipinski definition) is 2. The minimum absolute atomic E-state index is 0.0656. The monoisotopic (exact) mass is 330 g/mol. The van der Waals surface area contributed by atoms with Gasteiger partial charge in [-0.2, -0.15) is 5.10 Å². The number of nitrogens with two attached hydrogens (primary N) is 1. The lowest BCUT2D eigenvalue weighted by Crippen LogP contribution is -2.30. The number of nitrogens with one attached hydrogen (secondary N) is 1. The van der Waals surface area contributed by atoms with Crippen molar-refractivity contribution in [1.29, 1.82) is 0 Å². The quantitative estimate of drug-likeness (QED) is 0.652. The van der Waals surface area contributed by atoms with Crippen LogP contribution >= 0.6 is 23.2 Å². The van der Waals surface area contributed by atoms with Crippen LogP contribution in [0.4, 0.5) is 4.39 Å². The van der Waals surface area contributed by atoms with Crippen LogP contribution in [0.1, 0.15) is 29.9 Å². The van der Waals surface area contributed by atoms with Crippen LogP contribution in [-0.4, -0.2) is 9.78 Å². The Hall–Kier alpha value is -1.14. The predicted octanol–water partition coefficient (Wildman–Crippen LogP) is 3.40. The molecule has 7 heteroatoms. The summed E-state index contributed by atoms with van der Waals surface area (Å²) in [5.74, 6) is 5.14. The summed E-state index contributed by atoms with van der Waals surface area (Å²) >= 11 is 12.3. The average Bonchev–Trinajstić information content (AvgIpc) is 2.75. The fourth-order valence-electron chi connectivity index (χ4n) is 2.31. The summed E-state index contributed by atoms with van der Waals surface area (Å²) in [4.78, 5) is 0. The van der Waals surface area contributed by atoms with Gasteiger partial charge in [0.05, 0.1) is 27.5 Å². The van der Waals surface area contributed by atoms with Crippen molar-refractivity contribution >= 4 is 23.2 Å². The molecule has 2 aromatic rings. The van der Waals surface area contributed by atoms with Crippen molar-refractivity contribution in [1.82, 2.24) is 15.2 Å². The van der Waals surface area contributed by atoms with E-state index in [1.807, 2.05) is 18.5 Å². The highest BCUT2D eigenvalue weighted by Gasteiger charge is 2.21. The average molecular weight is 331 g/mol. The molecule has 21 heavy (non-hydrogen) atoms. The fourth-order valence-corrected chi connectivity index (χ4v) is 2.78. The number of rotatable bonds is 5. The van der Waals surface area contributed by atoms with Gasteiger partial charge in [-0.15, -0.1) is 0 Å². The summed E-state index contributed by atoms with van der Waals surface area (Å²) in [5.41, 5.74) is 4.87. The Balaban J connectivity index is 2.38. The van der Waals surface area contributed by atoms with Gasteiger partial charge in [-0.05, 0) is 25.5 Å². The number of aryl methyl sites for hydroxylation is 2. The SMILES string of the molecule is CCn1nc(C)c(Cl)c1CC(NN)c1cccc(F)c1Cl. The Morgan fingerprint density at radius 2 is 2.10 bits per heavy atom. The van der Waals surface area contributed by atoms with E-state index in [0.29, 0.717) is 23.6 Å². The Labute approximate surface area is 133 Å². The third-order valence-electron chi connectivity index (χ3n) is 3.41. The fraction of sp³-hybridized carbons (Fsp3) is 0.357. The minimum atomic E-state index is -0.472. The first-order valence-electron chi connectivity index (χ1n) is 6.61. The molecule has 0 amide bonds. The van der Waals surface area contributed by atoms with Gasteiger partial charge in [0.2, 0.25) is 0 Å². The molecule has 0 aliphatic rings. The summed E-state index contributed by atoms with van der Waals surface area (Å²) in [7, 11) is 0. The number of hydrogen-bond acceptors (Lipinski definition) is 3. The molecule has 4 nitrogen and oxygen atoms in total. The molecule has 3 N–H and O–H groups in total. The summed E-state index contributed by atoms with van der Waals surface area (Å²) in [6.07, 6.45) is 0.465. The Bertz CT molecular complexity index is 642. The lowest BCUT2D eigenvalue weighted by molar-refractivity contribution is 0.513. The minimum Gasteiger partial charge on any atom is -0.271 e. The Morgan fingerprint density at radius 3 is 2.71 bits per heavy atom. The molecular weight excluding hydrogens is 314 g/mol. The van der Waals surface area contributed by atoms with E-state index in [1.54, 1.807) is 12.1 Å². The van der Waals surface area contributed by atoms with Gasteiger partial charge >= 0.3 is 0 Å². The van der Waals surface area contributed by atoms with Gasteiger partial charge in [0.15, 0.2) is 0 Å². The van der Waals surface area contributed by atoms with E-state index in [4.69, 9.17) is 29.0 Å². The van der Waals surface area contributed by atoms with Crippen molar-refractivity contribution in [2.75, 3.05) is 0 Å². The number of nitrogens with zero attached hydrogens (tertiary/aromatic N) is 2. The maximum Gasteiger partial charge on any atom is 0.142 e. The third-order valence-corrected chi connectivity index (χ3v) is 4.30. The predicted molar refractivity (Wildman–Crippen MR) is 82.8 cm³/mol. The van der Waals surface area contributed by atoms with E-state index in [1.165, 1.54) is 6.07 Å². The normalized spacial score (nSPS) is 12.7. The molecule has 0 aliphatic carbocycles. The number of halogens is 3. The van der Waals surface area contributed by atoms with Crippen molar-refractivity contribution in [2.45, 2.75) is 32.9 Å². The molecule has 114 valence electrons. The van der Waals surface area contributed by atoms with Crippen LogP contribution in [0.5, 0.6) is 0 Å². The van der Waals surface area contributed by atoms with Gasteiger partial charge in [0.25, 0.3) is 0 Å². The molecule has 1 aromatic heterocycles. The zero-order valence-electron chi connectivity index (χ0n) is 11.8. The molecule has 0 bridgehead atoms. The van der Waals surface area contributed by atoms with Crippen molar-refractivity contribution < 1.29 is 4.39 Å². The van der Waals surface area contributed by atoms with E-state index in [-0.39, 0.29) is 11.1 Å². The maximum atomic E-state index is 13.6. The van der Waals surface area contributed by atoms with Crippen LogP contribution < -0.4 is 11.3 Å². The molecule has 0 spiro atoms. The zero-order valence-corrected chi connectivity index (χ0v) is 13.3. The standard InChI is InChI=1S/C14H17Cl2FN4/c1-3-21-12(13(15)8(2)20-21)7-11(19-18)9-5-4-6-10(17)14(9)16/h4-6,11,19H,3,7,18H2,1-2H3. The number of hydrazine groups is 1. The highest BCUT2D eigenvalue weighted by atomic mass is 35.5. The zero-order chi connectivity index (χ0) is 15.6. The van der Waals surface area contributed by atoms with E-state index >= 15 is 0 Å². The lowest BCUT2D eigenvalue weighted by atomic mass is 10.0. The Morgan fingerprint density at radius 1 is 1.38 bits per heavy atom. The molecule has 1 atom stereocenters. The van der Waals surface area contributed by atoms with Crippen LogP contribution in [0.15, 0.2) is 18.2 Å². The second-order valence-corrected chi connectivity index (χ2v) is 5.48. The van der Waals surface area contributed by atoms with Gasteiger partial charge in [-0.1, -0.05) is 35.3 Å². The lowest BCUT2D eigenvalue weighted by Gasteiger charge is -2.18. The topological polar surface area (TPSA) is 55.9 Å². The first kappa shape index (κ1) is 16.2. The highest BCUT2D eigenvalue weighted by Crippen LogP contribution is 2.30. The highest BCUT2D eigenvalue weighted by molar-refractivity contribution is 6.32. The van der Waals surface area contributed by atoms with Crippen LogP contribution in [0, 0.1) is 12.7 Å². The molecule has 0 fully saturated rings. The largest absolute Gasteiger partial charge is 0.271 e. The second-order valence-electron chi connectivity index (χ2n) is 4.73. The van der Waals surface area contributed by atoms with Gasteiger partial charge in [0, 0.05) is 13.0 Å².